The summed E-state index contributed by atoms with van der Waals surface area (Å²) in [4.78, 5) is 34.6. The van der Waals surface area contributed by atoms with E-state index in [4.69, 9.17) is 9.47 Å². The number of aromatic nitrogens is 2. The summed E-state index contributed by atoms with van der Waals surface area (Å²) < 4.78 is 10.6. The number of fused-ring (bicyclic) bond motifs is 1. The lowest BCUT2D eigenvalue weighted by Gasteiger charge is -2.21. The lowest BCUT2D eigenvalue weighted by atomic mass is 10.2. The highest BCUT2D eigenvalue weighted by Gasteiger charge is 2.33. The maximum Gasteiger partial charge on any atom is 0.274 e. The Labute approximate surface area is 156 Å². The van der Waals surface area contributed by atoms with Gasteiger partial charge in [-0.15, -0.1) is 0 Å². The van der Waals surface area contributed by atoms with Gasteiger partial charge in [-0.2, -0.15) is 0 Å². The lowest BCUT2D eigenvalue weighted by Crippen LogP contribution is -2.37. The van der Waals surface area contributed by atoms with Crippen molar-refractivity contribution in [1.82, 2.24) is 20.2 Å². The van der Waals surface area contributed by atoms with Gasteiger partial charge in [-0.05, 0) is 30.5 Å². The number of amides is 2. The highest BCUT2D eigenvalue weighted by Crippen LogP contribution is 2.32. The molecule has 2 aliphatic rings. The first-order valence-electron chi connectivity index (χ1n) is 8.93. The molecule has 1 N–H and O–H groups in total. The van der Waals surface area contributed by atoms with Gasteiger partial charge in [0.15, 0.2) is 11.5 Å². The molecule has 8 nitrogen and oxygen atoms in total. The number of hydrogen-bond acceptors (Lipinski definition) is 6. The molecule has 1 aromatic carbocycles. The van der Waals surface area contributed by atoms with Gasteiger partial charge in [-0.25, -0.2) is 4.98 Å². The quantitative estimate of drug-likeness (QED) is 0.796. The highest BCUT2D eigenvalue weighted by molar-refractivity contribution is 5.92. The Morgan fingerprint density at radius 2 is 2.04 bits per heavy atom. The fourth-order valence-corrected chi connectivity index (χ4v) is 2.95. The Hall–Kier alpha value is -3.16. The number of benzene rings is 1. The Bertz CT molecular complexity index is 839. The lowest BCUT2D eigenvalue weighted by molar-refractivity contribution is -0.121. The fourth-order valence-electron chi connectivity index (χ4n) is 2.95. The number of carbonyl (C=O) groups is 2. The van der Waals surface area contributed by atoms with E-state index >= 15 is 0 Å². The predicted molar refractivity (Wildman–Crippen MR) is 95.1 cm³/mol. The monoisotopic (exact) mass is 368 g/mol. The zero-order chi connectivity index (χ0) is 18.6. The molecule has 1 aliphatic carbocycles. The summed E-state index contributed by atoms with van der Waals surface area (Å²) in [5.41, 5.74) is 1.24. The van der Waals surface area contributed by atoms with Crippen LogP contribution in [0.4, 0.5) is 0 Å². The summed E-state index contributed by atoms with van der Waals surface area (Å²) in [6, 6.07) is 5.78. The van der Waals surface area contributed by atoms with Crippen LogP contribution in [0, 0.1) is 0 Å². The molecule has 2 aromatic rings. The molecular formula is C19H20N4O4. The number of nitrogens with zero attached hydrogens (tertiary/aromatic N) is 3. The van der Waals surface area contributed by atoms with E-state index in [1.54, 1.807) is 4.90 Å². The van der Waals surface area contributed by atoms with Crippen LogP contribution in [0.25, 0.3) is 0 Å². The standard InChI is InChI=1S/C19H20N4O4/c24-18(22-10-13-1-4-16-17(9-13)27-12-26-16)5-8-23(14-2-3-14)19(25)15-11-20-6-7-21-15/h1,4,6-7,9,11,14H,2-3,5,8,10,12H2,(H,22,24). The molecule has 2 heterocycles. The molecule has 1 aliphatic heterocycles. The zero-order valence-electron chi connectivity index (χ0n) is 14.8. The molecule has 8 heteroatoms. The third-order valence-corrected chi connectivity index (χ3v) is 4.54. The second-order valence-corrected chi connectivity index (χ2v) is 6.53. The van der Waals surface area contributed by atoms with Crippen molar-refractivity contribution in [1.29, 1.82) is 0 Å². The molecule has 140 valence electrons. The molecule has 0 radical (unpaired) electrons. The van der Waals surface area contributed by atoms with Crippen molar-refractivity contribution >= 4 is 11.8 Å². The van der Waals surface area contributed by atoms with Gasteiger partial charge in [0, 0.05) is 37.9 Å². The smallest absolute Gasteiger partial charge is 0.274 e. The first-order chi connectivity index (χ1) is 13.2. The van der Waals surface area contributed by atoms with Crippen molar-refractivity contribution < 1.29 is 19.1 Å². The van der Waals surface area contributed by atoms with Crippen LogP contribution in [0.1, 0.15) is 35.3 Å². The minimum Gasteiger partial charge on any atom is -0.454 e. The molecule has 1 aromatic heterocycles. The molecular weight excluding hydrogens is 348 g/mol. The van der Waals surface area contributed by atoms with Crippen LogP contribution in [0.2, 0.25) is 0 Å². The third-order valence-electron chi connectivity index (χ3n) is 4.54. The van der Waals surface area contributed by atoms with Crippen LogP contribution in [0.5, 0.6) is 11.5 Å². The number of carbonyl (C=O) groups excluding carboxylic acids is 2. The predicted octanol–water partition coefficient (Wildman–Crippen LogP) is 1.52. The summed E-state index contributed by atoms with van der Waals surface area (Å²) in [5, 5.41) is 2.88. The normalized spacial score (nSPS) is 14.7. The van der Waals surface area contributed by atoms with E-state index in [2.05, 4.69) is 15.3 Å². The van der Waals surface area contributed by atoms with Gasteiger partial charge < -0.3 is 19.7 Å². The largest absolute Gasteiger partial charge is 0.454 e. The van der Waals surface area contributed by atoms with E-state index in [1.165, 1.54) is 18.6 Å². The summed E-state index contributed by atoms with van der Waals surface area (Å²) in [6.07, 6.45) is 6.65. The Kier molecular flexibility index (Phi) is 4.86. The number of nitrogens with one attached hydrogen (secondary N) is 1. The van der Waals surface area contributed by atoms with Gasteiger partial charge >= 0.3 is 0 Å². The van der Waals surface area contributed by atoms with E-state index in [1.807, 2.05) is 18.2 Å². The molecule has 1 saturated carbocycles. The molecule has 0 atom stereocenters. The van der Waals surface area contributed by atoms with E-state index in [0.29, 0.717) is 30.3 Å². The highest BCUT2D eigenvalue weighted by atomic mass is 16.7. The molecule has 27 heavy (non-hydrogen) atoms. The maximum absolute atomic E-state index is 12.6. The SMILES string of the molecule is O=C(CCN(C(=O)c1cnccn1)C1CC1)NCc1ccc2c(c1)OCO2. The van der Waals surface area contributed by atoms with Crippen molar-refractivity contribution in [3.05, 3.63) is 48.0 Å². The van der Waals surface area contributed by atoms with Crippen LogP contribution >= 0.6 is 0 Å². The average Bonchev–Trinajstić information content (AvgIpc) is 3.43. The van der Waals surface area contributed by atoms with Crippen molar-refractivity contribution in [2.75, 3.05) is 13.3 Å². The zero-order valence-corrected chi connectivity index (χ0v) is 14.8. The number of rotatable bonds is 7. The Balaban J connectivity index is 1.29. The summed E-state index contributed by atoms with van der Waals surface area (Å²) in [5.74, 6) is 1.13. The van der Waals surface area contributed by atoms with Crippen molar-refractivity contribution in [2.24, 2.45) is 0 Å². The van der Waals surface area contributed by atoms with E-state index < -0.39 is 0 Å². The topological polar surface area (TPSA) is 93.7 Å². The van der Waals surface area contributed by atoms with Gasteiger partial charge in [0.05, 0.1) is 6.20 Å². The second-order valence-electron chi connectivity index (χ2n) is 6.53. The fraction of sp³-hybridized carbons (Fsp3) is 0.368. The summed E-state index contributed by atoms with van der Waals surface area (Å²) in [6.45, 7) is 0.992. The van der Waals surface area contributed by atoms with Crippen molar-refractivity contribution in [2.45, 2.75) is 31.8 Å². The summed E-state index contributed by atoms with van der Waals surface area (Å²) >= 11 is 0. The first kappa shape index (κ1) is 17.3. The Morgan fingerprint density at radius 1 is 1.19 bits per heavy atom. The number of hydrogen-bond donors (Lipinski definition) is 1. The van der Waals surface area contributed by atoms with Crippen LogP contribution in [-0.4, -0.2) is 46.1 Å². The second kappa shape index (κ2) is 7.61. The Morgan fingerprint density at radius 3 is 2.81 bits per heavy atom. The molecule has 1 fully saturated rings. The minimum absolute atomic E-state index is 0.106. The van der Waals surface area contributed by atoms with E-state index in [-0.39, 0.29) is 31.1 Å². The molecule has 0 bridgehead atoms. The van der Waals surface area contributed by atoms with Gasteiger partial charge in [-0.1, -0.05) is 6.07 Å². The van der Waals surface area contributed by atoms with E-state index in [0.717, 1.165) is 18.4 Å². The first-order valence-corrected chi connectivity index (χ1v) is 8.93. The molecule has 0 saturated heterocycles. The van der Waals surface area contributed by atoms with Crippen LogP contribution in [0.15, 0.2) is 36.8 Å². The molecule has 4 rings (SSSR count). The van der Waals surface area contributed by atoms with Gasteiger partial charge in [0.2, 0.25) is 12.7 Å². The van der Waals surface area contributed by atoms with Gasteiger partial charge in [0.1, 0.15) is 5.69 Å². The van der Waals surface area contributed by atoms with Gasteiger partial charge in [-0.3, -0.25) is 14.6 Å². The average molecular weight is 368 g/mol. The molecule has 0 spiro atoms. The minimum atomic E-state index is -0.172. The van der Waals surface area contributed by atoms with Crippen LogP contribution in [0.3, 0.4) is 0 Å². The maximum atomic E-state index is 12.6. The van der Waals surface area contributed by atoms with E-state index in [9.17, 15) is 9.59 Å². The van der Waals surface area contributed by atoms with Crippen LogP contribution in [-0.2, 0) is 11.3 Å². The van der Waals surface area contributed by atoms with Gasteiger partial charge in [0.25, 0.3) is 5.91 Å². The molecule has 0 unspecified atom stereocenters. The summed E-state index contributed by atoms with van der Waals surface area (Å²) in [7, 11) is 0. The third kappa shape index (κ3) is 4.16. The van der Waals surface area contributed by atoms with Crippen molar-refractivity contribution in [3.8, 4) is 11.5 Å². The number of ether oxygens (including phenoxy) is 2. The van der Waals surface area contributed by atoms with Crippen molar-refractivity contribution in [3.63, 3.8) is 0 Å². The van der Waals surface area contributed by atoms with Crippen LogP contribution < -0.4 is 14.8 Å². The molecule has 2 amide bonds.